The van der Waals surface area contributed by atoms with E-state index in [0.717, 1.165) is 37.4 Å². The lowest BCUT2D eigenvalue weighted by Gasteiger charge is -2.11. The molecule has 0 unspecified atom stereocenters. The molecule has 1 saturated carbocycles. The van der Waals surface area contributed by atoms with Crippen LogP contribution in [-0.4, -0.2) is 5.12 Å². The second kappa shape index (κ2) is 6.89. The summed E-state index contributed by atoms with van der Waals surface area (Å²) in [6.45, 7) is 0. The number of hydrogen-bond acceptors (Lipinski definition) is 3. The number of carbonyl (C=O) groups is 1. The normalized spacial score (nSPS) is 20.2. The van der Waals surface area contributed by atoms with Gasteiger partial charge in [-0.05, 0) is 12.8 Å². The fraction of sp³-hybridized carbons (Fsp3) is 0.818. The highest BCUT2D eigenvalue weighted by Crippen LogP contribution is 2.25. The number of hydrogen-bond donors (Lipinski definition) is 0. The topological polar surface area (TPSA) is 40.9 Å². The molecule has 0 aromatic carbocycles. The number of carbonyl (C=O) groups excluding carboxylic acids is 1. The van der Waals surface area contributed by atoms with Gasteiger partial charge in [0.05, 0.1) is 0 Å². The van der Waals surface area contributed by atoms with Gasteiger partial charge in [0.25, 0.3) is 0 Å². The van der Waals surface area contributed by atoms with Gasteiger partial charge in [-0.3, -0.25) is 4.79 Å². The van der Waals surface area contributed by atoms with Gasteiger partial charge in [-0.15, -0.1) is 0 Å². The lowest BCUT2D eigenvalue weighted by atomic mass is 9.98. The SMILES string of the molecule is N#CSC(=O)C1CCCCCCCC1. The van der Waals surface area contributed by atoms with E-state index in [0.29, 0.717) is 0 Å². The van der Waals surface area contributed by atoms with Crippen molar-refractivity contribution in [2.45, 2.75) is 51.4 Å². The number of thiocyanates is 1. The number of nitrogens with zero attached hydrogens (tertiary/aromatic N) is 1. The fourth-order valence-electron chi connectivity index (χ4n) is 2.00. The Balaban J connectivity index is 2.39. The summed E-state index contributed by atoms with van der Waals surface area (Å²) < 4.78 is 0. The van der Waals surface area contributed by atoms with E-state index < -0.39 is 0 Å². The molecule has 78 valence electrons. The Kier molecular flexibility index (Phi) is 5.70. The van der Waals surface area contributed by atoms with Crippen molar-refractivity contribution in [2.75, 3.05) is 0 Å². The Labute approximate surface area is 90.1 Å². The van der Waals surface area contributed by atoms with Crippen LogP contribution in [0.4, 0.5) is 0 Å². The first kappa shape index (κ1) is 11.6. The lowest BCUT2D eigenvalue weighted by Crippen LogP contribution is -2.10. The Hall–Kier alpha value is -0.490. The summed E-state index contributed by atoms with van der Waals surface area (Å²) in [7, 11) is 0. The molecule has 1 rings (SSSR count). The fourth-order valence-corrected chi connectivity index (χ4v) is 2.49. The molecule has 0 aromatic heterocycles. The predicted octanol–water partition coefficient (Wildman–Crippen LogP) is 3.48. The molecule has 0 amide bonds. The summed E-state index contributed by atoms with van der Waals surface area (Å²) in [5, 5.41) is 10.4. The molecule has 0 aromatic rings. The summed E-state index contributed by atoms with van der Waals surface area (Å²) in [5.41, 5.74) is 0. The first-order valence-corrected chi connectivity index (χ1v) is 6.26. The first-order valence-electron chi connectivity index (χ1n) is 5.44. The third kappa shape index (κ3) is 4.15. The zero-order valence-corrected chi connectivity index (χ0v) is 9.31. The molecule has 2 nitrogen and oxygen atoms in total. The average molecular weight is 211 g/mol. The molecule has 1 aliphatic carbocycles. The van der Waals surface area contributed by atoms with E-state index in [1.54, 1.807) is 0 Å². The molecule has 0 radical (unpaired) electrons. The van der Waals surface area contributed by atoms with Gasteiger partial charge in [0.1, 0.15) is 5.40 Å². The molecule has 14 heavy (non-hydrogen) atoms. The highest BCUT2D eigenvalue weighted by Gasteiger charge is 2.18. The summed E-state index contributed by atoms with van der Waals surface area (Å²) in [6, 6.07) is 0. The van der Waals surface area contributed by atoms with Crippen LogP contribution in [0.3, 0.4) is 0 Å². The van der Waals surface area contributed by atoms with Crippen LogP contribution in [0.5, 0.6) is 0 Å². The summed E-state index contributed by atoms with van der Waals surface area (Å²) in [5.74, 6) is 0.151. The van der Waals surface area contributed by atoms with Crippen LogP contribution in [0.2, 0.25) is 0 Å². The van der Waals surface area contributed by atoms with E-state index >= 15 is 0 Å². The van der Waals surface area contributed by atoms with E-state index in [9.17, 15) is 4.79 Å². The molecular formula is C11H17NOS. The Bertz CT molecular complexity index is 212. The number of thioether (sulfide) groups is 1. The van der Waals surface area contributed by atoms with Crippen molar-refractivity contribution < 1.29 is 4.79 Å². The molecule has 3 heteroatoms. The molecule has 0 aliphatic heterocycles. The van der Waals surface area contributed by atoms with Gasteiger partial charge in [-0.2, -0.15) is 5.26 Å². The van der Waals surface area contributed by atoms with Gasteiger partial charge in [0.15, 0.2) is 0 Å². The average Bonchev–Trinajstić information content (AvgIpc) is 2.30. The largest absolute Gasteiger partial charge is 0.286 e. The van der Waals surface area contributed by atoms with Gasteiger partial charge in [0, 0.05) is 17.7 Å². The van der Waals surface area contributed by atoms with E-state index in [1.807, 2.05) is 5.40 Å². The summed E-state index contributed by atoms with van der Waals surface area (Å²) in [4.78, 5) is 11.5. The van der Waals surface area contributed by atoms with Crippen molar-refractivity contribution in [3.05, 3.63) is 0 Å². The standard InChI is InChI=1S/C11H17NOS/c12-9-14-11(13)10-7-5-3-1-2-4-6-8-10/h10H,1-8H2. The maximum atomic E-state index is 11.5. The van der Waals surface area contributed by atoms with Crippen LogP contribution < -0.4 is 0 Å². The van der Waals surface area contributed by atoms with E-state index in [1.165, 1.54) is 25.7 Å². The van der Waals surface area contributed by atoms with Gasteiger partial charge in [-0.1, -0.05) is 38.5 Å². The molecule has 0 bridgehead atoms. The third-order valence-corrected chi connectivity index (χ3v) is 3.46. The van der Waals surface area contributed by atoms with Crippen LogP contribution in [0.25, 0.3) is 0 Å². The highest BCUT2D eigenvalue weighted by atomic mass is 32.2. The monoisotopic (exact) mass is 211 g/mol. The van der Waals surface area contributed by atoms with Crippen LogP contribution in [0.1, 0.15) is 51.4 Å². The second-order valence-corrected chi connectivity index (χ2v) is 4.70. The van der Waals surface area contributed by atoms with E-state index in [2.05, 4.69) is 0 Å². The Morgan fingerprint density at radius 1 is 1.07 bits per heavy atom. The zero-order chi connectivity index (χ0) is 10.2. The maximum Gasteiger partial charge on any atom is 0.206 e. The van der Waals surface area contributed by atoms with Crippen molar-refractivity contribution in [3.8, 4) is 5.40 Å². The quantitative estimate of drug-likeness (QED) is 0.623. The summed E-state index contributed by atoms with van der Waals surface area (Å²) >= 11 is 0.827. The van der Waals surface area contributed by atoms with Gasteiger partial charge in [-0.25, -0.2) is 0 Å². The molecule has 1 fully saturated rings. The minimum absolute atomic E-state index is 0.0920. The smallest absolute Gasteiger partial charge is 0.206 e. The van der Waals surface area contributed by atoms with Crippen molar-refractivity contribution in [1.29, 1.82) is 5.26 Å². The van der Waals surface area contributed by atoms with E-state index in [4.69, 9.17) is 5.26 Å². The van der Waals surface area contributed by atoms with Crippen molar-refractivity contribution in [1.82, 2.24) is 0 Å². The molecule has 0 N–H and O–H groups in total. The Morgan fingerprint density at radius 2 is 1.57 bits per heavy atom. The molecule has 0 spiro atoms. The van der Waals surface area contributed by atoms with Crippen LogP contribution in [0, 0.1) is 16.6 Å². The van der Waals surface area contributed by atoms with Gasteiger partial charge < -0.3 is 0 Å². The molecule has 0 atom stereocenters. The predicted molar refractivity (Wildman–Crippen MR) is 58.6 cm³/mol. The Morgan fingerprint density at radius 3 is 2.07 bits per heavy atom. The number of rotatable bonds is 1. The first-order chi connectivity index (χ1) is 6.84. The number of nitriles is 1. The van der Waals surface area contributed by atoms with Crippen molar-refractivity contribution in [2.24, 2.45) is 5.92 Å². The summed E-state index contributed by atoms with van der Waals surface area (Å²) in [6.07, 6.45) is 9.42. The lowest BCUT2D eigenvalue weighted by molar-refractivity contribution is -0.114. The van der Waals surface area contributed by atoms with Crippen molar-refractivity contribution >= 4 is 16.9 Å². The minimum atomic E-state index is 0.0920. The third-order valence-electron chi connectivity index (χ3n) is 2.83. The van der Waals surface area contributed by atoms with E-state index in [-0.39, 0.29) is 11.0 Å². The van der Waals surface area contributed by atoms with Gasteiger partial charge in [0.2, 0.25) is 5.12 Å². The van der Waals surface area contributed by atoms with Crippen molar-refractivity contribution in [3.63, 3.8) is 0 Å². The molecule has 1 aliphatic rings. The molecule has 0 saturated heterocycles. The van der Waals surface area contributed by atoms with Crippen LogP contribution >= 0.6 is 11.8 Å². The second-order valence-electron chi connectivity index (χ2n) is 3.91. The molecule has 0 heterocycles. The molecular weight excluding hydrogens is 194 g/mol. The zero-order valence-electron chi connectivity index (χ0n) is 8.50. The maximum absolute atomic E-state index is 11.5. The minimum Gasteiger partial charge on any atom is -0.286 e. The van der Waals surface area contributed by atoms with Crippen LogP contribution in [0.15, 0.2) is 0 Å². The van der Waals surface area contributed by atoms with Crippen LogP contribution in [-0.2, 0) is 4.79 Å². The highest BCUT2D eigenvalue weighted by molar-refractivity contribution is 8.17. The van der Waals surface area contributed by atoms with Gasteiger partial charge >= 0.3 is 0 Å².